The van der Waals surface area contributed by atoms with Crippen molar-refractivity contribution in [1.82, 2.24) is 9.97 Å². The first-order chi connectivity index (χ1) is 13.4. The normalized spacial score (nSPS) is 10.8. The van der Waals surface area contributed by atoms with Crippen LogP contribution in [-0.4, -0.2) is 21.9 Å². The molecule has 1 amide bonds. The molecule has 0 aliphatic heterocycles. The van der Waals surface area contributed by atoms with Gasteiger partial charge >= 0.3 is 0 Å². The van der Waals surface area contributed by atoms with Crippen LogP contribution in [0.1, 0.15) is 41.0 Å². The number of rotatable bonds is 6. The third-order valence-electron chi connectivity index (χ3n) is 4.59. The third kappa shape index (κ3) is 4.74. The first-order valence-corrected chi connectivity index (χ1v) is 9.46. The van der Waals surface area contributed by atoms with Crippen LogP contribution in [0.5, 0.6) is 0 Å². The minimum atomic E-state index is -0.235. The number of amides is 1. The Morgan fingerprint density at radius 1 is 1.07 bits per heavy atom. The maximum Gasteiger partial charge on any atom is 0.274 e. The number of benzene rings is 2. The molecule has 0 saturated carbocycles. The standard InChI is InChI=1S/C23H26N4O/c1-16(2)27(15-19-8-6-5-7-9-19)23-24-13-12-20(26-23)22(28)25-21-14-17(3)10-11-18(21)4/h5-14,16H,15H2,1-4H3,(H,25,28). The quantitative estimate of drug-likeness (QED) is 0.676. The van der Waals surface area contributed by atoms with Gasteiger partial charge in [-0.2, -0.15) is 0 Å². The summed E-state index contributed by atoms with van der Waals surface area (Å²) in [5.41, 5.74) is 4.43. The molecule has 0 radical (unpaired) electrons. The Hall–Kier alpha value is -3.21. The van der Waals surface area contributed by atoms with Gasteiger partial charge in [-0.05, 0) is 56.5 Å². The van der Waals surface area contributed by atoms with Crippen molar-refractivity contribution < 1.29 is 4.79 Å². The minimum absolute atomic E-state index is 0.192. The van der Waals surface area contributed by atoms with Crippen LogP contribution in [0.25, 0.3) is 0 Å². The number of carbonyl (C=O) groups is 1. The van der Waals surface area contributed by atoms with Gasteiger partial charge in [0, 0.05) is 24.5 Å². The maximum absolute atomic E-state index is 12.8. The molecule has 3 rings (SSSR count). The van der Waals surface area contributed by atoms with E-state index in [9.17, 15) is 4.79 Å². The number of anilines is 2. The molecule has 1 N–H and O–H groups in total. The molecule has 3 aromatic rings. The van der Waals surface area contributed by atoms with Crippen molar-refractivity contribution in [2.75, 3.05) is 10.2 Å². The second-order valence-electron chi connectivity index (χ2n) is 7.22. The highest BCUT2D eigenvalue weighted by molar-refractivity contribution is 6.03. The first kappa shape index (κ1) is 19.5. The van der Waals surface area contributed by atoms with Crippen LogP contribution in [-0.2, 0) is 6.54 Å². The van der Waals surface area contributed by atoms with E-state index in [1.165, 1.54) is 5.56 Å². The summed E-state index contributed by atoms with van der Waals surface area (Å²) in [4.78, 5) is 23.8. The first-order valence-electron chi connectivity index (χ1n) is 9.46. The number of aromatic nitrogens is 2. The molecule has 5 heteroatoms. The smallest absolute Gasteiger partial charge is 0.274 e. The lowest BCUT2D eigenvalue weighted by Crippen LogP contribution is -2.32. The Balaban J connectivity index is 1.83. The second kappa shape index (κ2) is 8.65. The minimum Gasteiger partial charge on any atom is -0.334 e. The predicted molar refractivity (Wildman–Crippen MR) is 114 cm³/mol. The van der Waals surface area contributed by atoms with Crippen LogP contribution < -0.4 is 10.2 Å². The molecule has 0 atom stereocenters. The van der Waals surface area contributed by atoms with Crippen molar-refractivity contribution in [2.24, 2.45) is 0 Å². The van der Waals surface area contributed by atoms with E-state index in [2.05, 4.69) is 46.2 Å². The van der Waals surface area contributed by atoms with Gasteiger partial charge in [-0.1, -0.05) is 42.5 Å². The predicted octanol–water partition coefficient (Wildman–Crippen LogP) is 4.76. The number of carbonyl (C=O) groups excluding carboxylic acids is 1. The van der Waals surface area contributed by atoms with Crippen LogP contribution in [0.3, 0.4) is 0 Å². The molecule has 144 valence electrons. The van der Waals surface area contributed by atoms with Crippen LogP contribution in [0, 0.1) is 13.8 Å². The summed E-state index contributed by atoms with van der Waals surface area (Å²) >= 11 is 0. The molecule has 0 bridgehead atoms. The Morgan fingerprint density at radius 2 is 1.82 bits per heavy atom. The number of nitrogens with one attached hydrogen (secondary N) is 1. The molecule has 1 heterocycles. The lowest BCUT2D eigenvalue weighted by atomic mass is 10.1. The monoisotopic (exact) mass is 374 g/mol. The summed E-state index contributed by atoms with van der Waals surface area (Å²) in [6, 6.07) is 18.0. The summed E-state index contributed by atoms with van der Waals surface area (Å²) < 4.78 is 0. The van der Waals surface area contributed by atoms with Crippen LogP contribution in [0.2, 0.25) is 0 Å². The molecular formula is C23H26N4O. The van der Waals surface area contributed by atoms with Crippen LogP contribution in [0.15, 0.2) is 60.8 Å². The van der Waals surface area contributed by atoms with Crippen molar-refractivity contribution in [3.63, 3.8) is 0 Å². The van der Waals surface area contributed by atoms with E-state index < -0.39 is 0 Å². The zero-order valence-electron chi connectivity index (χ0n) is 16.8. The van der Waals surface area contributed by atoms with E-state index in [4.69, 9.17) is 0 Å². The van der Waals surface area contributed by atoms with E-state index in [-0.39, 0.29) is 11.9 Å². The van der Waals surface area contributed by atoms with Gasteiger partial charge in [-0.15, -0.1) is 0 Å². The summed E-state index contributed by atoms with van der Waals surface area (Å²) in [7, 11) is 0. The fourth-order valence-corrected chi connectivity index (χ4v) is 2.93. The van der Waals surface area contributed by atoms with E-state index >= 15 is 0 Å². The second-order valence-corrected chi connectivity index (χ2v) is 7.22. The summed E-state index contributed by atoms with van der Waals surface area (Å²) in [6.45, 7) is 8.84. The van der Waals surface area contributed by atoms with Gasteiger partial charge in [0.25, 0.3) is 5.91 Å². The van der Waals surface area contributed by atoms with Gasteiger partial charge in [0.2, 0.25) is 5.95 Å². The highest BCUT2D eigenvalue weighted by Gasteiger charge is 2.17. The number of aryl methyl sites for hydroxylation is 2. The SMILES string of the molecule is Cc1ccc(C)c(NC(=O)c2ccnc(N(Cc3ccccc3)C(C)C)n2)c1. The largest absolute Gasteiger partial charge is 0.334 e. The molecule has 0 fully saturated rings. The summed E-state index contributed by atoms with van der Waals surface area (Å²) in [5, 5.41) is 2.96. The Bertz CT molecular complexity index is 954. The lowest BCUT2D eigenvalue weighted by molar-refractivity contribution is 0.102. The van der Waals surface area contributed by atoms with E-state index in [1.54, 1.807) is 12.3 Å². The Labute approximate surface area is 166 Å². The van der Waals surface area contributed by atoms with Crippen LogP contribution >= 0.6 is 0 Å². The van der Waals surface area contributed by atoms with Crippen molar-refractivity contribution >= 4 is 17.5 Å². The van der Waals surface area contributed by atoms with E-state index in [1.807, 2.05) is 50.2 Å². The molecule has 0 aliphatic rings. The van der Waals surface area contributed by atoms with Gasteiger partial charge < -0.3 is 10.2 Å². The summed E-state index contributed by atoms with van der Waals surface area (Å²) in [5.74, 6) is 0.313. The van der Waals surface area contributed by atoms with Crippen molar-refractivity contribution in [3.05, 3.63) is 83.2 Å². The zero-order chi connectivity index (χ0) is 20.1. The fraction of sp³-hybridized carbons (Fsp3) is 0.261. The fourth-order valence-electron chi connectivity index (χ4n) is 2.93. The van der Waals surface area contributed by atoms with Gasteiger partial charge in [-0.3, -0.25) is 4.79 Å². The maximum atomic E-state index is 12.8. The molecule has 0 aliphatic carbocycles. The van der Waals surface area contributed by atoms with Gasteiger partial charge in [0.1, 0.15) is 5.69 Å². The molecule has 28 heavy (non-hydrogen) atoms. The van der Waals surface area contributed by atoms with Gasteiger partial charge in [0.05, 0.1) is 0 Å². The molecule has 2 aromatic carbocycles. The highest BCUT2D eigenvalue weighted by atomic mass is 16.1. The average Bonchev–Trinajstić information content (AvgIpc) is 2.69. The molecule has 0 saturated heterocycles. The highest BCUT2D eigenvalue weighted by Crippen LogP contribution is 2.19. The zero-order valence-corrected chi connectivity index (χ0v) is 16.8. The Morgan fingerprint density at radius 3 is 2.54 bits per heavy atom. The topological polar surface area (TPSA) is 58.1 Å². The van der Waals surface area contributed by atoms with Crippen LogP contribution in [0.4, 0.5) is 11.6 Å². The molecule has 0 spiro atoms. The molecule has 0 unspecified atom stereocenters. The number of hydrogen-bond acceptors (Lipinski definition) is 4. The molecule has 1 aromatic heterocycles. The lowest BCUT2D eigenvalue weighted by Gasteiger charge is -2.27. The van der Waals surface area contributed by atoms with Crippen molar-refractivity contribution in [2.45, 2.75) is 40.3 Å². The Kier molecular flexibility index (Phi) is 6.04. The molecule has 5 nitrogen and oxygen atoms in total. The van der Waals surface area contributed by atoms with Gasteiger partial charge in [0.15, 0.2) is 0 Å². The van der Waals surface area contributed by atoms with Crippen molar-refractivity contribution in [1.29, 1.82) is 0 Å². The summed E-state index contributed by atoms with van der Waals surface area (Å²) in [6.07, 6.45) is 1.64. The number of nitrogens with zero attached hydrogens (tertiary/aromatic N) is 3. The average molecular weight is 374 g/mol. The molecular weight excluding hydrogens is 348 g/mol. The van der Waals surface area contributed by atoms with E-state index in [0.717, 1.165) is 16.8 Å². The third-order valence-corrected chi connectivity index (χ3v) is 4.59. The van der Waals surface area contributed by atoms with Gasteiger partial charge in [-0.25, -0.2) is 9.97 Å². The van der Waals surface area contributed by atoms with Crippen molar-refractivity contribution in [3.8, 4) is 0 Å². The number of hydrogen-bond donors (Lipinski definition) is 1. The van der Waals surface area contributed by atoms with E-state index in [0.29, 0.717) is 18.2 Å².